The molecule has 2 saturated carbocycles. The Hall–Kier alpha value is -2.79. The summed E-state index contributed by atoms with van der Waals surface area (Å²) < 4.78 is 0. The molecule has 6 atom stereocenters. The van der Waals surface area contributed by atoms with E-state index in [4.69, 9.17) is 5.73 Å². The average molecular weight is 502 g/mol. The number of phenolic OH excluding ortho intramolecular Hbond substituents is 1. The van der Waals surface area contributed by atoms with Crippen molar-refractivity contribution < 1.29 is 34.8 Å². The maximum absolute atomic E-state index is 13.8. The first-order chi connectivity index (χ1) is 16.9. The van der Waals surface area contributed by atoms with Crippen LogP contribution in [-0.4, -0.2) is 92.6 Å². The number of fused-ring (bicyclic) bond motifs is 3. The molecule has 3 aliphatic rings. The van der Waals surface area contributed by atoms with E-state index in [0.29, 0.717) is 18.5 Å². The first kappa shape index (κ1) is 26.3. The molecule has 36 heavy (non-hydrogen) atoms. The first-order valence-electron chi connectivity index (χ1n) is 12.3. The van der Waals surface area contributed by atoms with Gasteiger partial charge >= 0.3 is 0 Å². The number of hydrogen-bond donors (Lipinski definition) is 5. The van der Waals surface area contributed by atoms with Crippen LogP contribution in [0.4, 0.5) is 0 Å². The number of aliphatic hydroxyl groups is 3. The molecule has 0 aromatic heterocycles. The summed E-state index contributed by atoms with van der Waals surface area (Å²) in [6.07, 6.45) is -1.08. The number of Topliss-reactive ketones (excluding diaryl/α,β-unsaturated/α-hetero) is 2. The van der Waals surface area contributed by atoms with Crippen LogP contribution in [-0.2, 0) is 27.3 Å². The Balaban J connectivity index is 1.88. The number of carbonyl (C=O) groups excluding carboxylic acids is 3. The van der Waals surface area contributed by atoms with Crippen molar-refractivity contribution in [3.05, 3.63) is 34.4 Å². The van der Waals surface area contributed by atoms with Gasteiger partial charge in [0.1, 0.15) is 17.4 Å². The van der Waals surface area contributed by atoms with Crippen LogP contribution in [0.1, 0.15) is 37.0 Å². The van der Waals surface area contributed by atoms with Crippen molar-refractivity contribution >= 4 is 23.2 Å². The van der Waals surface area contributed by atoms with Gasteiger partial charge in [0.15, 0.2) is 11.4 Å². The first-order valence-corrected chi connectivity index (χ1v) is 12.3. The summed E-state index contributed by atoms with van der Waals surface area (Å²) in [6.45, 7) is 6.28. The van der Waals surface area contributed by atoms with Crippen molar-refractivity contribution in [1.82, 2.24) is 9.80 Å². The Kier molecular flexibility index (Phi) is 6.76. The molecular formula is C26H35N3O7. The van der Waals surface area contributed by atoms with Crippen LogP contribution in [0.15, 0.2) is 17.7 Å². The van der Waals surface area contributed by atoms with Gasteiger partial charge in [-0.2, -0.15) is 0 Å². The molecule has 10 heteroatoms. The summed E-state index contributed by atoms with van der Waals surface area (Å²) >= 11 is 0. The molecule has 0 heterocycles. The monoisotopic (exact) mass is 501 g/mol. The molecule has 6 N–H and O–H groups in total. The van der Waals surface area contributed by atoms with Gasteiger partial charge < -0.3 is 31.1 Å². The van der Waals surface area contributed by atoms with Crippen molar-refractivity contribution in [2.75, 3.05) is 27.2 Å². The highest BCUT2D eigenvalue weighted by Gasteiger charge is 2.67. The molecule has 196 valence electrons. The Bertz CT molecular complexity index is 1140. The predicted molar refractivity (Wildman–Crippen MR) is 131 cm³/mol. The van der Waals surface area contributed by atoms with Crippen molar-refractivity contribution in [1.29, 1.82) is 0 Å². The maximum atomic E-state index is 13.8. The number of nitrogens with two attached hydrogens (primary N) is 1. The van der Waals surface area contributed by atoms with Crippen LogP contribution in [0.5, 0.6) is 5.75 Å². The fraction of sp³-hybridized carbons (Fsp3) is 0.577. The third kappa shape index (κ3) is 3.66. The number of aliphatic hydroxyl groups excluding tert-OH is 2. The summed E-state index contributed by atoms with van der Waals surface area (Å²) in [7, 11) is 3.26. The molecule has 2 fully saturated rings. The smallest absolute Gasteiger partial charge is 0.230 e. The summed E-state index contributed by atoms with van der Waals surface area (Å²) in [5.41, 5.74) is 4.37. The number of likely N-dealkylation sites (N-methyl/N-ethyl adjacent to an activating group) is 1. The Morgan fingerprint density at radius 2 is 1.81 bits per heavy atom. The molecular weight excluding hydrogens is 466 g/mol. The molecule has 0 radical (unpaired) electrons. The Morgan fingerprint density at radius 1 is 1.17 bits per heavy atom. The topological polar surface area (TPSA) is 165 Å². The van der Waals surface area contributed by atoms with E-state index < -0.39 is 58.7 Å². The predicted octanol–water partition coefficient (Wildman–Crippen LogP) is -0.0292. The van der Waals surface area contributed by atoms with Crippen LogP contribution in [0.3, 0.4) is 0 Å². The van der Waals surface area contributed by atoms with Gasteiger partial charge in [0.2, 0.25) is 11.7 Å². The normalized spacial score (nSPS) is 31.9. The van der Waals surface area contributed by atoms with Crippen LogP contribution >= 0.6 is 0 Å². The fourth-order valence-corrected chi connectivity index (χ4v) is 6.51. The zero-order valence-corrected chi connectivity index (χ0v) is 21.1. The summed E-state index contributed by atoms with van der Waals surface area (Å²) in [5.74, 6) is -7.31. The van der Waals surface area contributed by atoms with Crippen LogP contribution < -0.4 is 5.73 Å². The average Bonchev–Trinajstić information content (AvgIpc) is 2.80. The number of hydrogen-bond acceptors (Lipinski definition) is 9. The van der Waals surface area contributed by atoms with E-state index in [1.807, 2.05) is 13.8 Å². The Morgan fingerprint density at radius 3 is 2.36 bits per heavy atom. The summed E-state index contributed by atoms with van der Waals surface area (Å²) in [6, 6.07) is 2.37. The second kappa shape index (κ2) is 9.26. The highest BCUT2D eigenvalue weighted by atomic mass is 16.3. The molecule has 3 unspecified atom stereocenters. The van der Waals surface area contributed by atoms with Gasteiger partial charge in [-0.15, -0.1) is 0 Å². The van der Waals surface area contributed by atoms with Gasteiger partial charge in [-0.1, -0.05) is 19.9 Å². The number of primary amides is 1. The summed E-state index contributed by atoms with van der Waals surface area (Å²) in [5, 5.41) is 44.5. The van der Waals surface area contributed by atoms with E-state index in [-0.39, 0.29) is 23.3 Å². The van der Waals surface area contributed by atoms with Gasteiger partial charge in [-0.25, -0.2) is 0 Å². The minimum Gasteiger partial charge on any atom is -0.507 e. The third-order valence-electron chi connectivity index (χ3n) is 8.36. The standard InChI is InChI=1S/C26H35N3O7/c1-5-29(6-2)11-12-7-8-16(30)18-14(12)9-13-10-15-20(28(3)4)22(32)19(25(27)35)24(34)26(15,36)23(33)17(13)21(18)31/h7-8,13,15,19-20,22,30-32,36H,5-6,9-11H2,1-4H3,(H2,27,35)/t13-,15-,19?,20?,22?,26-/m1/s1. The molecule has 4 rings (SSSR count). The number of aromatic hydroxyl groups is 1. The third-order valence-corrected chi connectivity index (χ3v) is 8.36. The van der Waals surface area contributed by atoms with Gasteiger partial charge in [-0.3, -0.25) is 19.3 Å². The number of carbonyl (C=O) groups is 3. The lowest BCUT2D eigenvalue weighted by Crippen LogP contribution is -2.73. The second-order valence-corrected chi connectivity index (χ2v) is 10.3. The lowest BCUT2D eigenvalue weighted by molar-refractivity contribution is -0.184. The van der Waals surface area contributed by atoms with Gasteiger partial charge in [0, 0.05) is 24.1 Å². The fourth-order valence-electron chi connectivity index (χ4n) is 6.51. The van der Waals surface area contributed by atoms with E-state index in [1.165, 1.54) is 6.07 Å². The van der Waals surface area contributed by atoms with Crippen molar-refractivity contribution in [2.45, 2.75) is 51.0 Å². The number of nitrogens with zero attached hydrogens (tertiary/aromatic N) is 2. The lowest BCUT2D eigenvalue weighted by atomic mass is 9.54. The van der Waals surface area contributed by atoms with Gasteiger partial charge in [-0.05, 0) is 63.1 Å². The van der Waals surface area contributed by atoms with E-state index in [0.717, 1.165) is 18.7 Å². The molecule has 0 spiro atoms. The molecule has 10 nitrogen and oxygen atoms in total. The molecule has 1 amide bonds. The Labute approximate surface area is 210 Å². The minimum absolute atomic E-state index is 0.110. The molecule has 3 aliphatic carbocycles. The molecule has 1 aromatic rings. The molecule has 0 bridgehead atoms. The summed E-state index contributed by atoms with van der Waals surface area (Å²) in [4.78, 5) is 43.0. The number of rotatable bonds is 6. The largest absolute Gasteiger partial charge is 0.507 e. The lowest BCUT2D eigenvalue weighted by Gasteiger charge is -2.53. The number of benzene rings is 1. The van der Waals surface area contributed by atoms with E-state index in [1.54, 1.807) is 25.1 Å². The van der Waals surface area contributed by atoms with E-state index >= 15 is 0 Å². The van der Waals surface area contributed by atoms with Crippen LogP contribution in [0, 0.1) is 17.8 Å². The van der Waals surface area contributed by atoms with Crippen LogP contribution in [0.2, 0.25) is 0 Å². The zero-order chi connectivity index (χ0) is 26.7. The zero-order valence-electron chi connectivity index (χ0n) is 21.1. The minimum atomic E-state index is -2.64. The molecule has 0 saturated heterocycles. The van der Waals surface area contributed by atoms with Crippen molar-refractivity contribution in [3.63, 3.8) is 0 Å². The quantitative estimate of drug-likeness (QED) is 0.337. The SMILES string of the molecule is CCN(CC)Cc1ccc(O)c2c1C[C@@H]1C[C@@H]3C(N(C)C)C(O)C(C(N)=O)C(=O)[C@]3(O)C(=O)C1=C2O. The molecule has 0 aliphatic heterocycles. The van der Waals surface area contributed by atoms with E-state index in [2.05, 4.69) is 4.90 Å². The maximum Gasteiger partial charge on any atom is 0.230 e. The number of amides is 1. The number of ketones is 2. The highest BCUT2D eigenvalue weighted by Crippen LogP contribution is 2.52. The van der Waals surface area contributed by atoms with Crippen molar-refractivity contribution in [2.24, 2.45) is 23.5 Å². The van der Waals surface area contributed by atoms with Gasteiger partial charge in [0.05, 0.1) is 11.7 Å². The van der Waals surface area contributed by atoms with E-state index in [9.17, 15) is 34.8 Å². The van der Waals surface area contributed by atoms with Gasteiger partial charge in [0.25, 0.3) is 0 Å². The highest BCUT2D eigenvalue weighted by molar-refractivity contribution is 6.25. The second-order valence-electron chi connectivity index (χ2n) is 10.3. The van der Waals surface area contributed by atoms with Crippen LogP contribution in [0.25, 0.3) is 5.76 Å². The van der Waals surface area contributed by atoms with Crippen molar-refractivity contribution in [3.8, 4) is 5.75 Å². The molecule has 1 aromatic carbocycles. The number of phenols is 1.